The summed E-state index contributed by atoms with van der Waals surface area (Å²) < 4.78 is 4.89. The Morgan fingerprint density at radius 2 is 2.23 bits per heavy atom. The van der Waals surface area contributed by atoms with E-state index in [1.165, 1.54) is 18.9 Å². The Balaban J connectivity index is 3.31. The molecule has 0 aliphatic carbocycles. The van der Waals surface area contributed by atoms with Gasteiger partial charge < -0.3 is 4.74 Å². The third-order valence-corrected chi connectivity index (χ3v) is 2.12. The topological polar surface area (TPSA) is 58.8 Å². The summed E-state index contributed by atoms with van der Waals surface area (Å²) in [5.41, 5.74) is 0.168. The lowest BCUT2D eigenvalue weighted by Crippen LogP contribution is -1.97. The first-order chi connectivity index (χ1) is 6.22. The van der Waals surface area contributed by atoms with Crippen LogP contribution in [-0.4, -0.2) is 23.3 Å². The number of hydrogen-bond acceptors (Lipinski definition) is 5. The molecule has 1 aromatic rings. The summed E-state index contributed by atoms with van der Waals surface area (Å²) >= 11 is 7.06. The second kappa shape index (κ2) is 4.30. The van der Waals surface area contributed by atoms with Crippen LogP contribution in [0.3, 0.4) is 0 Å². The molecule has 0 saturated heterocycles. The average molecular weight is 216 g/mol. The summed E-state index contributed by atoms with van der Waals surface area (Å²) in [6.45, 7) is 0. The molecule has 0 saturated carbocycles. The molecule has 0 atom stereocenters. The predicted molar refractivity (Wildman–Crippen MR) is 50.1 cm³/mol. The van der Waals surface area contributed by atoms with Gasteiger partial charge in [-0.3, -0.25) is 0 Å². The van der Waals surface area contributed by atoms with Gasteiger partial charge in [-0.25, -0.2) is 4.98 Å². The van der Waals surface area contributed by atoms with Crippen molar-refractivity contribution in [1.29, 1.82) is 5.26 Å². The van der Waals surface area contributed by atoms with Crippen molar-refractivity contribution in [2.75, 3.05) is 13.4 Å². The zero-order valence-electron chi connectivity index (χ0n) is 7.04. The Labute approximate surface area is 84.9 Å². The number of nitrogens with zero attached hydrogens (tertiary/aromatic N) is 3. The van der Waals surface area contributed by atoms with E-state index in [1.54, 1.807) is 0 Å². The van der Waals surface area contributed by atoms with Crippen molar-refractivity contribution in [1.82, 2.24) is 9.97 Å². The van der Waals surface area contributed by atoms with Gasteiger partial charge >= 0.3 is 0 Å². The zero-order valence-corrected chi connectivity index (χ0v) is 8.61. The van der Waals surface area contributed by atoms with Crippen molar-refractivity contribution in [3.63, 3.8) is 0 Å². The maximum absolute atomic E-state index is 8.69. The van der Waals surface area contributed by atoms with E-state index in [2.05, 4.69) is 9.97 Å². The molecule has 1 aromatic heterocycles. The van der Waals surface area contributed by atoms with Crippen LogP contribution in [0.4, 0.5) is 0 Å². The maximum atomic E-state index is 8.69. The molecular formula is C7H6ClN3OS. The minimum atomic E-state index is 0.124. The highest BCUT2D eigenvalue weighted by molar-refractivity contribution is 7.98. The molecule has 0 N–H and O–H groups in total. The fraction of sp³-hybridized carbons (Fsp3) is 0.286. The number of hydrogen-bond donors (Lipinski definition) is 0. The van der Waals surface area contributed by atoms with E-state index in [0.717, 1.165) is 0 Å². The number of methoxy groups -OCH3 is 1. The average Bonchev–Trinajstić information content (AvgIpc) is 2.16. The van der Waals surface area contributed by atoms with Crippen molar-refractivity contribution in [2.45, 2.75) is 5.16 Å². The monoisotopic (exact) mass is 215 g/mol. The quantitative estimate of drug-likeness (QED) is 0.427. The van der Waals surface area contributed by atoms with Crippen LogP contribution in [0.2, 0.25) is 5.15 Å². The second-order valence-electron chi connectivity index (χ2n) is 2.00. The summed E-state index contributed by atoms with van der Waals surface area (Å²) in [4.78, 5) is 7.85. The molecular weight excluding hydrogens is 210 g/mol. The molecule has 0 aliphatic heterocycles. The standard InChI is InChI=1S/C7H6ClN3OS/c1-12-6-4(3-9)5(8)10-7(11-6)13-2/h1-2H3. The first-order valence-electron chi connectivity index (χ1n) is 3.28. The SMILES string of the molecule is COc1nc(SC)nc(Cl)c1C#N. The molecule has 6 heteroatoms. The van der Waals surface area contributed by atoms with Crippen molar-refractivity contribution in [2.24, 2.45) is 0 Å². The minimum Gasteiger partial charge on any atom is -0.480 e. The van der Waals surface area contributed by atoms with Gasteiger partial charge in [0, 0.05) is 0 Å². The lowest BCUT2D eigenvalue weighted by atomic mass is 10.4. The summed E-state index contributed by atoms with van der Waals surface area (Å²) in [5, 5.41) is 9.30. The molecule has 13 heavy (non-hydrogen) atoms. The lowest BCUT2D eigenvalue weighted by molar-refractivity contribution is 0.391. The van der Waals surface area contributed by atoms with Crippen LogP contribution < -0.4 is 4.74 Å². The van der Waals surface area contributed by atoms with Gasteiger partial charge in [0.15, 0.2) is 15.9 Å². The van der Waals surface area contributed by atoms with Gasteiger partial charge in [0.05, 0.1) is 7.11 Å². The van der Waals surface area contributed by atoms with Crippen molar-refractivity contribution in [3.8, 4) is 11.9 Å². The van der Waals surface area contributed by atoms with Crippen molar-refractivity contribution < 1.29 is 4.74 Å². The van der Waals surface area contributed by atoms with Gasteiger partial charge in [-0.1, -0.05) is 23.4 Å². The van der Waals surface area contributed by atoms with Crippen molar-refractivity contribution in [3.05, 3.63) is 10.7 Å². The Morgan fingerprint density at radius 1 is 1.54 bits per heavy atom. The van der Waals surface area contributed by atoms with E-state index in [-0.39, 0.29) is 16.6 Å². The maximum Gasteiger partial charge on any atom is 0.237 e. The normalized spacial score (nSPS) is 9.38. The molecule has 68 valence electrons. The highest BCUT2D eigenvalue weighted by Gasteiger charge is 2.12. The lowest BCUT2D eigenvalue weighted by Gasteiger charge is -2.03. The summed E-state index contributed by atoms with van der Waals surface area (Å²) in [6, 6.07) is 1.87. The Morgan fingerprint density at radius 3 is 2.69 bits per heavy atom. The molecule has 1 heterocycles. The molecule has 0 aromatic carbocycles. The Bertz CT molecular complexity index is 363. The third kappa shape index (κ3) is 2.02. The molecule has 0 aliphatic rings. The van der Waals surface area contributed by atoms with Gasteiger partial charge in [0.1, 0.15) is 6.07 Å². The van der Waals surface area contributed by atoms with Gasteiger partial charge in [0.25, 0.3) is 0 Å². The van der Waals surface area contributed by atoms with E-state index >= 15 is 0 Å². The second-order valence-corrected chi connectivity index (χ2v) is 3.13. The van der Waals surface area contributed by atoms with Crippen molar-refractivity contribution >= 4 is 23.4 Å². The van der Waals surface area contributed by atoms with E-state index < -0.39 is 0 Å². The van der Waals surface area contributed by atoms with Gasteiger partial charge in [0.2, 0.25) is 5.88 Å². The first kappa shape index (κ1) is 10.1. The first-order valence-corrected chi connectivity index (χ1v) is 4.88. The Kier molecular flexibility index (Phi) is 3.34. The number of nitriles is 1. The molecule has 0 unspecified atom stereocenters. The van der Waals surface area contributed by atoms with Crippen LogP contribution in [0.1, 0.15) is 5.56 Å². The zero-order chi connectivity index (χ0) is 9.84. The molecule has 4 nitrogen and oxygen atoms in total. The van der Waals surface area contributed by atoms with Crippen LogP contribution in [0.5, 0.6) is 5.88 Å². The van der Waals surface area contributed by atoms with Crippen LogP contribution >= 0.6 is 23.4 Å². The van der Waals surface area contributed by atoms with Crippen LogP contribution in [0.15, 0.2) is 5.16 Å². The molecule has 0 fully saturated rings. The smallest absolute Gasteiger partial charge is 0.237 e. The molecule has 0 bridgehead atoms. The summed E-state index contributed by atoms with van der Waals surface area (Å²) in [5.74, 6) is 0.215. The van der Waals surface area contributed by atoms with Crippen LogP contribution in [0.25, 0.3) is 0 Å². The highest BCUT2D eigenvalue weighted by atomic mass is 35.5. The fourth-order valence-electron chi connectivity index (χ4n) is 0.729. The fourth-order valence-corrected chi connectivity index (χ4v) is 1.34. The summed E-state index contributed by atoms with van der Waals surface area (Å²) in [7, 11) is 1.43. The summed E-state index contributed by atoms with van der Waals surface area (Å²) in [6.07, 6.45) is 1.82. The largest absolute Gasteiger partial charge is 0.480 e. The number of aromatic nitrogens is 2. The predicted octanol–water partition coefficient (Wildman–Crippen LogP) is 1.73. The van der Waals surface area contributed by atoms with E-state index in [1.807, 2.05) is 12.3 Å². The number of rotatable bonds is 2. The van der Waals surface area contributed by atoms with E-state index in [0.29, 0.717) is 5.16 Å². The minimum absolute atomic E-state index is 0.124. The van der Waals surface area contributed by atoms with Gasteiger partial charge in [-0.05, 0) is 6.26 Å². The molecule has 0 amide bonds. The molecule has 1 rings (SSSR count). The van der Waals surface area contributed by atoms with Gasteiger partial charge in [-0.2, -0.15) is 10.2 Å². The molecule has 0 radical (unpaired) electrons. The molecule has 0 spiro atoms. The van der Waals surface area contributed by atoms with E-state index in [9.17, 15) is 0 Å². The highest BCUT2D eigenvalue weighted by Crippen LogP contribution is 2.24. The van der Waals surface area contributed by atoms with Gasteiger partial charge in [-0.15, -0.1) is 0 Å². The Hall–Kier alpha value is -0.990. The van der Waals surface area contributed by atoms with Crippen LogP contribution in [-0.2, 0) is 0 Å². The number of halogens is 1. The number of thioether (sulfide) groups is 1. The third-order valence-electron chi connectivity index (χ3n) is 1.30. The van der Waals surface area contributed by atoms with E-state index in [4.69, 9.17) is 21.6 Å². The number of ether oxygens (including phenoxy) is 1. The van der Waals surface area contributed by atoms with Crippen LogP contribution in [0, 0.1) is 11.3 Å².